The summed E-state index contributed by atoms with van der Waals surface area (Å²) in [6.45, 7) is 2.28. The Hall–Kier alpha value is -2.86. The first-order valence-electron chi connectivity index (χ1n) is 9.28. The van der Waals surface area contributed by atoms with Crippen LogP contribution in [0.3, 0.4) is 0 Å². The van der Waals surface area contributed by atoms with Gasteiger partial charge in [-0.3, -0.25) is 9.59 Å². The van der Waals surface area contributed by atoms with E-state index in [1.165, 1.54) is 5.56 Å². The predicted molar refractivity (Wildman–Crippen MR) is 104 cm³/mol. The van der Waals surface area contributed by atoms with Crippen LogP contribution >= 0.6 is 0 Å². The maximum absolute atomic E-state index is 12.8. The van der Waals surface area contributed by atoms with Crippen LogP contribution in [0.2, 0.25) is 0 Å². The van der Waals surface area contributed by atoms with Crippen molar-refractivity contribution in [3.8, 4) is 5.75 Å². The SMILES string of the molecule is COc1cccc(C(C)(CC(=O)O)NC(=O)CC2OCCc3ccccc32)c1. The van der Waals surface area contributed by atoms with Crippen molar-refractivity contribution in [2.75, 3.05) is 13.7 Å². The zero-order valence-corrected chi connectivity index (χ0v) is 16.1. The Morgan fingerprint density at radius 2 is 2.04 bits per heavy atom. The molecule has 1 aliphatic rings. The molecular weight excluding hydrogens is 358 g/mol. The van der Waals surface area contributed by atoms with E-state index in [1.807, 2.05) is 24.3 Å². The fourth-order valence-electron chi connectivity index (χ4n) is 3.66. The second kappa shape index (κ2) is 8.44. The molecule has 0 aliphatic carbocycles. The number of carbonyl (C=O) groups excluding carboxylic acids is 1. The van der Waals surface area contributed by atoms with Crippen LogP contribution in [0.15, 0.2) is 48.5 Å². The predicted octanol–water partition coefficient (Wildman–Crippen LogP) is 3.21. The molecule has 1 amide bonds. The number of nitrogens with one attached hydrogen (secondary N) is 1. The Morgan fingerprint density at radius 3 is 2.79 bits per heavy atom. The molecule has 6 nitrogen and oxygen atoms in total. The van der Waals surface area contributed by atoms with Gasteiger partial charge in [-0.2, -0.15) is 0 Å². The zero-order chi connectivity index (χ0) is 20.1. The average Bonchev–Trinajstić information content (AvgIpc) is 2.67. The summed E-state index contributed by atoms with van der Waals surface area (Å²) in [4.78, 5) is 24.3. The fraction of sp³-hybridized carbons (Fsp3) is 0.364. The van der Waals surface area contributed by atoms with Crippen molar-refractivity contribution in [2.45, 2.75) is 37.8 Å². The van der Waals surface area contributed by atoms with E-state index in [4.69, 9.17) is 9.47 Å². The third kappa shape index (κ3) is 4.51. The van der Waals surface area contributed by atoms with Crippen molar-refractivity contribution in [2.24, 2.45) is 0 Å². The molecule has 2 aromatic rings. The van der Waals surface area contributed by atoms with Crippen LogP contribution in [0.25, 0.3) is 0 Å². The standard InChI is InChI=1S/C22H25NO5/c1-22(14-21(25)26,16-7-5-8-17(12-16)27-2)23-20(24)13-19-18-9-4-3-6-15(18)10-11-28-19/h3-9,12,19H,10-11,13-14H2,1-2H3,(H,23,24)(H,25,26). The second-order valence-electron chi connectivity index (χ2n) is 7.20. The van der Waals surface area contributed by atoms with Gasteiger partial charge in [0.25, 0.3) is 0 Å². The van der Waals surface area contributed by atoms with Gasteiger partial charge < -0.3 is 19.9 Å². The summed E-state index contributed by atoms with van der Waals surface area (Å²) in [7, 11) is 1.55. The highest BCUT2D eigenvalue weighted by molar-refractivity contribution is 5.79. The molecule has 1 aliphatic heterocycles. The Kier molecular flexibility index (Phi) is 5.99. The number of hydrogen-bond donors (Lipinski definition) is 2. The van der Waals surface area contributed by atoms with E-state index in [-0.39, 0.29) is 24.9 Å². The number of carbonyl (C=O) groups is 2. The molecule has 0 saturated carbocycles. The van der Waals surface area contributed by atoms with Crippen molar-refractivity contribution >= 4 is 11.9 Å². The molecule has 2 aromatic carbocycles. The molecule has 0 spiro atoms. The van der Waals surface area contributed by atoms with E-state index in [0.29, 0.717) is 17.9 Å². The quantitative estimate of drug-likeness (QED) is 0.767. The lowest BCUT2D eigenvalue weighted by Gasteiger charge is -2.32. The zero-order valence-electron chi connectivity index (χ0n) is 16.1. The number of benzene rings is 2. The molecule has 0 bridgehead atoms. The lowest BCUT2D eigenvalue weighted by molar-refractivity contribution is -0.139. The van der Waals surface area contributed by atoms with E-state index in [1.54, 1.807) is 38.3 Å². The number of carboxylic acids is 1. The summed E-state index contributed by atoms with van der Waals surface area (Å²) >= 11 is 0. The molecule has 3 rings (SSSR count). The summed E-state index contributed by atoms with van der Waals surface area (Å²) in [5.41, 5.74) is 1.82. The normalized spacial score (nSPS) is 17.9. The minimum absolute atomic E-state index is 0.135. The van der Waals surface area contributed by atoms with Crippen LogP contribution in [-0.2, 0) is 26.3 Å². The Bertz CT molecular complexity index is 866. The Morgan fingerprint density at radius 1 is 1.25 bits per heavy atom. The van der Waals surface area contributed by atoms with Gasteiger partial charge in [-0.15, -0.1) is 0 Å². The maximum atomic E-state index is 12.8. The van der Waals surface area contributed by atoms with Crippen LogP contribution in [0.1, 0.15) is 42.6 Å². The molecule has 148 valence electrons. The number of hydrogen-bond acceptors (Lipinski definition) is 4. The lowest BCUT2D eigenvalue weighted by atomic mass is 9.87. The van der Waals surface area contributed by atoms with E-state index in [2.05, 4.69) is 5.32 Å². The topological polar surface area (TPSA) is 84.9 Å². The summed E-state index contributed by atoms with van der Waals surface area (Å²) < 4.78 is 11.1. The molecule has 0 radical (unpaired) electrons. The molecule has 0 saturated heterocycles. The van der Waals surface area contributed by atoms with E-state index < -0.39 is 11.5 Å². The maximum Gasteiger partial charge on any atom is 0.306 e. The average molecular weight is 383 g/mol. The number of ether oxygens (including phenoxy) is 2. The van der Waals surface area contributed by atoms with Crippen LogP contribution in [-0.4, -0.2) is 30.7 Å². The van der Waals surface area contributed by atoms with Gasteiger partial charge in [-0.05, 0) is 42.2 Å². The third-order valence-electron chi connectivity index (χ3n) is 5.09. The van der Waals surface area contributed by atoms with Crippen LogP contribution in [0, 0.1) is 0 Å². The number of aliphatic carboxylic acids is 1. The van der Waals surface area contributed by atoms with E-state index in [0.717, 1.165) is 12.0 Å². The van der Waals surface area contributed by atoms with Gasteiger partial charge in [-0.25, -0.2) is 0 Å². The molecule has 0 aromatic heterocycles. The third-order valence-corrected chi connectivity index (χ3v) is 5.09. The van der Waals surface area contributed by atoms with Crippen LogP contribution in [0.5, 0.6) is 5.75 Å². The molecule has 6 heteroatoms. The lowest BCUT2D eigenvalue weighted by Crippen LogP contribution is -2.45. The molecule has 1 heterocycles. The van der Waals surface area contributed by atoms with Crippen molar-refractivity contribution in [3.63, 3.8) is 0 Å². The molecule has 0 fully saturated rings. The minimum Gasteiger partial charge on any atom is -0.497 e. The minimum atomic E-state index is -1.06. The summed E-state index contributed by atoms with van der Waals surface area (Å²) in [6.07, 6.45) is 0.392. The molecule has 28 heavy (non-hydrogen) atoms. The largest absolute Gasteiger partial charge is 0.497 e. The van der Waals surface area contributed by atoms with Gasteiger partial charge in [-0.1, -0.05) is 36.4 Å². The highest BCUT2D eigenvalue weighted by Gasteiger charge is 2.33. The number of rotatable bonds is 7. The first kappa shape index (κ1) is 19.9. The first-order valence-corrected chi connectivity index (χ1v) is 9.28. The Balaban J connectivity index is 1.79. The van der Waals surface area contributed by atoms with Crippen molar-refractivity contribution < 1.29 is 24.2 Å². The summed E-state index contributed by atoms with van der Waals surface area (Å²) in [5.74, 6) is -0.647. The molecule has 2 unspecified atom stereocenters. The van der Waals surface area contributed by atoms with Crippen LogP contribution < -0.4 is 10.1 Å². The number of fused-ring (bicyclic) bond motifs is 1. The van der Waals surface area contributed by atoms with E-state index in [9.17, 15) is 14.7 Å². The van der Waals surface area contributed by atoms with Gasteiger partial charge in [0.2, 0.25) is 5.91 Å². The van der Waals surface area contributed by atoms with Gasteiger partial charge in [0.1, 0.15) is 5.75 Å². The first-order chi connectivity index (χ1) is 13.4. The second-order valence-corrected chi connectivity index (χ2v) is 7.20. The summed E-state index contributed by atoms with van der Waals surface area (Å²) in [6, 6.07) is 15.0. The molecule has 2 atom stereocenters. The highest BCUT2D eigenvalue weighted by Crippen LogP contribution is 2.31. The van der Waals surface area contributed by atoms with Gasteiger partial charge in [0.05, 0.1) is 38.2 Å². The van der Waals surface area contributed by atoms with Crippen molar-refractivity contribution in [3.05, 3.63) is 65.2 Å². The van der Waals surface area contributed by atoms with Gasteiger partial charge >= 0.3 is 5.97 Å². The van der Waals surface area contributed by atoms with E-state index >= 15 is 0 Å². The smallest absolute Gasteiger partial charge is 0.306 e. The van der Waals surface area contributed by atoms with Crippen molar-refractivity contribution in [1.82, 2.24) is 5.32 Å². The van der Waals surface area contributed by atoms with Gasteiger partial charge in [0, 0.05) is 0 Å². The molecule has 2 N–H and O–H groups in total. The highest BCUT2D eigenvalue weighted by atomic mass is 16.5. The Labute approximate surface area is 164 Å². The molecular formula is C22H25NO5. The summed E-state index contributed by atoms with van der Waals surface area (Å²) in [5, 5.41) is 12.3. The number of methoxy groups -OCH3 is 1. The number of amides is 1. The number of carboxylic acid groups (broad SMARTS) is 1. The van der Waals surface area contributed by atoms with Crippen LogP contribution in [0.4, 0.5) is 0 Å². The van der Waals surface area contributed by atoms with Crippen molar-refractivity contribution in [1.29, 1.82) is 0 Å². The monoisotopic (exact) mass is 383 g/mol. The fourth-order valence-corrected chi connectivity index (χ4v) is 3.66. The van der Waals surface area contributed by atoms with Gasteiger partial charge in [0.15, 0.2) is 0 Å².